The van der Waals surface area contributed by atoms with Gasteiger partial charge in [0.05, 0.1) is 18.4 Å². The van der Waals surface area contributed by atoms with Crippen LogP contribution in [0.5, 0.6) is 0 Å². The number of carbonyl (C=O) groups excluding carboxylic acids is 1. The lowest BCUT2D eigenvalue weighted by Crippen LogP contribution is -2.41. The van der Waals surface area contributed by atoms with Crippen molar-refractivity contribution in [3.05, 3.63) is 29.7 Å². The fraction of sp³-hybridized carbons (Fsp3) is 0.529. The number of nitrogens with one attached hydrogen (secondary N) is 1. The number of carbonyl (C=O) groups is 1. The third kappa shape index (κ3) is 5.99. The van der Waals surface area contributed by atoms with Gasteiger partial charge >= 0.3 is 0 Å². The summed E-state index contributed by atoms with van der Waals surface area (Å²) in [7, 11) is 0. The van der Waals surface area contributed by atoms with Gasteiger partial charge in [0.15, 0.2) is 0 Å². The molecule has 5 nitrogen and oxygen atoms in total. The highest BCUT2D eigenvalue weighted by Gasteiger charge is 2.23. The maximum absolute atomic E-state index is 12.4. The van der Waals surface area contributed by atoms with E-state index >= 15 is 0 Å². The van der Waals surface area contributed by atoms with Crippen LogP contribution in [-0.2, 0) is 11.2 Å². The van der Waals surface area contributed by atoms with Gasteiger partial charge in [-0.05, 0) is 37.9 Å². The molecule has 1 N–H and O–H groups in total. The van der Waals surface area contributed by atoms with Gasteiger partial charge in [0.25, 0.3) is 0 Å². The number of rotatable bonds is 6. The predicted octanol–water partition coefficient (Wildman–Crippen LogP) is 3.64. The minimum atomic E-state index is 0. The van der Waals surface area contributed by atoms with Gasteiger partial charge in [-0.3, -0.25) is 4.79 Å². The largest absolute Gasteiger partial charge is 0.472 e. The highest BCUT2D eigenvalue weighted by Crippen LogP contribution is 2.24. The fourth-order valence-electron chi connectivity index (χ4n) is 2.91. The van der Waals surface area contributed by atoms with Crippen molar-refractivity contribution in [3.8, 4) is 10.6 Å². The third-order valence-corrected chi connectivity index (χ3v) is 5.24. The van der Waals surface area contributed by atoms with Gasteiger partial charge in [0.2, 0.25) is 5.91 Å². The van der Waals surface area contributed by atoms with E-state index in [2.05, 4.69) is 17.2 Å². The minimum absolute atomic E-state index is 0. The Balaban J connectivity index is 0.00000156. The smallest absolute Gasteiger partial charge is 0.228 e. The molecule has 0 saturated carbocycles. The standard InChI is InChI=1S/C17H23N3O2S.2ClH/c1-2-18-10-13-3-6-20(7-4-13)16(21)9-15-12-23-17(19-15)14-5-8-22-11-14;;/h5,8,11-13,18H,2-4,6-7,9-10H2,1H3;2*1H. The number of nitrogens with zero attached hydrogens (tertiary/aromatic N) is 2. The van der Waals surface area contributed by atoms with E-state index in [1.807, 2.05) is 16.3 Å². The molecule has 0 aliphatic carbocycles. The van der Waals surface area contributed by atoms with Gasteiger partial charge in [-0.25, -0.2) is 4.98 Å². The molecule has 3 heterocycles. The van der Waals surface area contributed by atoms with E-state index in [0.29, 0.717) is 12.3 Å². The summed E-state index contributed by atoms with van der Waals surface area (Å²) >= 11 is 1.56. The quantitative estimate of drug-likeness (QED) is 0.796. The normalized spacial score (nSPS) is 14.7. The summed E-state index contributed by atoms with van der Waals surface area (Å²) in [5.74, 6) is 0.891. The number of halogens is 2. The zero-order valence-electron chi connectivity index (χ0n) is 14.3. The Kier molecular flexibility index (Phi) is 9.50. The van der Waals surface area contributed by atoms with E-state index in [9.17, 15) is 4.79 Å². The van der Waals surface area contributed by atoms with E-state index in [1.54, 1.807) is 23.9 Å². The first-order valence-corrected chi connectivity index (χ1v) is 9.09. The lowest BCUT2D eigenvalue weighted by molar-refractivity contribution is -0.131. The second-order valence-corrected chi connectivity index (χ2v) is 6.82. The van der Waals surface area contributed by atoms with Gasteiger partial charge in [-0.2, -0.15) is 0 Å². The van der Waals surface area contributed by atoms with E-state index in [4.69, 9.17) is 4.42 Å². The average Bonchev–Trinajstić information content (AvgIpc) is 3.24. The number of hydrogen-bond donors (Lipinski definition) is 1. The number of piperidine rings is 1. The maximum Gasteiger partial charge on any atom is 0.228 e. The van der Waals surface area contributed by atoms with Crippen molar-refractivity contribution in [1.29, 1.82) is 0 Å². The highest BCUT2D eigenvalue weighted by atomic mass is 35.5. The van der Waals surface area contributed by atoms with Crippen LogP contribution in [0.4, 0.5) is 0 Å². The summed E-state index contributed by atoms with van der Waals surface area (Å²) in [6, 6.07) is 1.89. The van der Waals surface area contributed by atoms with Crippen LogP contribution in [0.25, 0.3) is 10.6 Å². The summed E-state index contributed by atoms with van der Waals surface area (Å²) in [6.45, 7) is 5.95. The molecule has 0 bridgehead atoms. The van der Waals surface area contributed by atoms with Crippen molar-refractivity contribution >= 4 is 42.1 Å². The third-order valence-electron chi connectivity index (χ3n) is 4.30. The summed E-state index contributed by atoms with van der Waals surface area (Å²) in [6.07, 6.45) is 5.90. The van der Waals surface area contributed by atoms with Crippen LogP contribution in [0.2, 0.25) is 0 Å². The van der Waals surface area contributed by atoms with Crippen molar-refractivity contribution in [2.75, 3.05) is 26.2 Å². The molecule has 1 saturated heterocycles. The molecule has 8 heteroatoms. The monoisotopic (exact) mass is 405 g/mol. The first kappa shape index (κ1) is 22.0. The second kappa shape index (κ2) is 10.8. The molecular formula is C17H25Cl2N3O2S. The minimum Gasteiger partial charge on any atom is -0.472 e. The Morgan fingerprint density at radius 2 is 2.16 bits per heavy atom. The molecule has 0 unspecified atom stereocenters. The van der Waals surface area contributed by atoms with Gasteiger partial charge in [-0.1, -0.05) is 6.92 Å². The van der Waals surface area contributed by atoms with Crippen LogP contribution in [0.1, 0.15) is 25.5 Å². The van der Waals surface area contributed by atoms with E-state index in [1.165, 1.54) is 0 Å². The van der Waals surface area contributed by atoms with Crippen molar-refractivity contribution < 1.29 is 9.21 Å². The Morgan fingerprint density at radius 3 is 2.80 bits per heavy atom. The molecule has 0 spiro atoms. The molecule has 25 heavy (non-hydrogen) atoms. The molecule has 1 fully saturated rings. The molecule has 0 atom stereocenters. The van der Waals surface area contributed by atoms with E-state index in [0.717, 1.165) is 55.3 Å². The van der Waals surface area contributed by atoms with Crippen LogP contribution in [0.15, 0.2) is 28.4 Å². The maximum atomic E-state index is 12.4. The first-order chi connectivity index (χ1) is 11.3. The Morgan fingerprint density at radius 1 is 1.40 bits per heavy atom. The predicted molar refractivity (Wildman–Crippen MR) is 106 cm³/mol. The highest BCUT2D eigenvalue weighted by molar-refractivity contribution is 7.13. The summed E-state index contributed by atoms with van der Waals surface area (Å²) in [5.41, 5.74) is 1.82. The summed E-state index contributed by atoms with van der Waals surface area (Å²) < 4.78 is 5.08. The zero-order chi connectivity index (χ0) is 16.1. The average molecular weight is 406 g/mol. The lowest BCUT2D eigenvalue weighted by Gasteiger charge is -2.32. The van der Waals surface area contributed by atoms with Gasteiger partial charge in [0.1, 0.15) is 11.3 Å². The van der Waals surface area contributed by atoms with Crippen LogP contribution in [0.3, 0.4) is 0 Å². The van der Waals surface area contributed by atoms with Gasteiger partial charge < -0.3 is 14.6 Å². The van der Waals surface area contributed by atoms with Crippen molar-refractivity contribution in [1.82, 2.24) is 15.2 Å². The molecule has 3 rings (SSSR count). The van der Waals surface area contributed by atoms with E-state index < -0.39 is 0 Å². The molecule has 1 aliphatic heterocycles. The van der Waals surface area contributed by atoms with Gasteiger partial charge in [0, 0.05) is 24.0 Å². The topological polar surface area (TPSA) is 58.4 Å². The Hall–Kier alpha value is -1.08. The molecule has 1 amide bonds. The fourth-order valence-corrected chi connectivity index (χ4v) is 3.71. The molecule has 140 valence electrons. The Bertz CT molecular complexity index is 626. The summed E-state index contributed by atoms with van der Waals surface area (Å²) in [5, 5.41) is 6.28. The number of likely N-dealkylation sites (tertiary alicyclic amines) is 1. The molecule has 2 aromatic heterocycles. The number of hydrogen-bond acceptors (Lipinski definition) is 5. The lowest BCUT2D eigenvalue weighted by atomic mass is 9.96. The zero-order valence-corrected chi connectivity index (χ0v) is 16.7. The molecule has 2 aromatic rings. The van der Waals surface area contributed by atoms with Crippen molar-refractivity contribution in [2.24, 2.45) is 5.92 Å². The molecule has 1 aliphatic rings. The van der Waals surface area contributed by atoms with Gasteiger partial charge in [-0.15, -0.1) is 36.2 Å². The molecule has 0 radical (unpaired) electrons. The SMILES string of the molecule is CCNCC1CCN(C(=O)Cc2csc(-c3ccoc3)n2)CC1.Cl.Cl. The van der Waals surface area contributed by atoms with E-state index in [-0.39, 0.29) is 30.7 Å². The molecule has 0 aromatic carbocycles. The van der Waals surface area contributed by atoms with Crippen molar-refractivity contribution in [2.45, 2.75) is 26.2 Å². The van der Waals surface area contributed by atoms with Crippen LogP contribution >= 0.6 is 36.2 Å². The van der Waals surface area contributed by atoms with Crippen molar-refractivity contribution in [3.63, 3.8) is 0 Å². The number of aromatic nitrogens is 1. The number of amides is 1. The number of furan rings is 1. The molecular weight excluding hydrogens is 381 g/mol. The first-order valence-electron chi connectivity index (χ1n) is 8.21. The number of thiazole rings is 1. The van der Waals surface area contributed by atoms with Crippen LogP contribution in [-0.4, -0.2) is 42.0 Å². The Labute approximate surface area is 165 Å². The second-order valence-electron chi connectivity index (χ2n) is 5.96. The van der Waals surface area contributed by atoms with Crippen LogP contribution < -0.4 is 5.32 Å². The summed E-state index contributed by atoms with van der Waals surface area (Å²) in [4.78, 5) is 19.0. The van der Waals surface area contributed by atoms with Crippen LogP contribution in [0, 0.1) is 5.92 Å².